The topological polar surface area (TPSA) is 98.0 Å². The van der Waals surface area contributed by atoms with Gasteiger partial charge in [-0.3, -0.25) is 0 Å². The van der Waals surface area contributed by atoms with E-state index in [1.807, 2.05) is 30.3 Å². The zero-order valence-electron chi connectivity index (χ0n) is 10.0. The van der Waals surface area contributed by atoms with Crippen molar-refractivity contribution in [2.24, 2.45) is 0 Å². The lowest BCUT2D eigenvalue weighted by atomic mass is 10.2. The van der Waals surface area contributed by atoms with Crippen LogP contribution >= 0.6 is 0 Å². The highest BCUT2D eigenvalue weighted by molar-refractivity contribution is 5.54. The lowest BCUT2D eigenvalue weighted by Gasteiger charge is -1.99. The Labute approximate surface area is 110 Å². The molecule has 0 unspecified atom stereocenters. The smallest absolute Gasteiger partial charge is 0.200 e. The van der Waals surface area contributed by atoms with E-state index >= 15 is 0 Å². The maximum Gasteiger partial charge on any atom is 0.200 e. The van der Waals surface area contributed by atoms with Gasteiger partial charge in [-0.2, -0.15) is 0 Å². The van der Waals surface area contributed by atoms with Crippen LogP contribution in [0.3, 0.4) is 0 Å². The third-order valence-electron chi connectivity index (χ3n) is 2.22. The van der Waals surface area contributed by atoms with Gasteiger partial charge in [0.1, 0.15) is 12.0 Å². The molecule has 0 saturated heterocycles. The number of aldehydes is 1. The Morgan fingerprint density at radius 3 is 1.89 bits per heavy atom. The Morgan fingerprint density at radius 2 is 1.42 bits per heavy atom. The van der Waals surface area contributed by atoms with E-state index in [2.05, 4.69) is 0 Å². The fraction of sp³-hybridized carbons (Fsp3) is 0.0714. The largest absolute Gasteiger partial charge is 0.508 e. The lowest BCUT2D eigenvalue weighted by molar-refractivity contribution is -0.107. The van der Waals surface area contributed by atoms with E-state index in [1.165, 1.54) is 0 Å². The van der Waals surface area contributed by atoms with Crippen molar-refractivity contribution in [3.63, 3.8) is 0 Å². The number of hydrogen-bond acceptors (Lipinski definition) is 5. The number of carbonyl (C=O) groups is 1. The van der Waals surface area contributed by atoms with Gasteiger partial charge >= 0.3 is 0 Å². The first-order valence-electron chi connectivity index (χ1n) is 5.46. The van der Waals surface area contributed by atoms with E-state index < -0.39 is 17.2 Å². The molecule has 0 saturated carbocycles. The molecule has 19 heavy (non-hydrogen) atoms. The van der Waals surface area contributed by atoms with E-state index in [0.717, 1.165) is 24.0 Å². The molecule has 0 aliphatic rings. The Balaban J connectivity index is 0.000000191. The lowest BCUT2D eigenvalue weighted by Crippen LogP contribution is -1.82. The van der Waals surface area contributed by atoms with Crippen LogP contribution < -0.4 is 0 Å². The zero-order chi connectivity index (χ0) is 14.3. The van der Waals surface area contributed by atoms with E-state index in [1.54, 1.807) is 0 Å². The second-order valence-corrected chi connectivity index (χ2v) is 3.69. The van der Waals surface area contributed by atoms with Gasteiger partial charge in [0.25, 0.3) is 0 Å². The molecule has 0 heterocycles. The standard InChI is InChI=1S/C8H8O.C6H6O4/c9-7-6-8-4-2-1-3-5-8;7-3-1-4(8)6(10)5(9)2-3/h1-5,7H,6H2;1-2,7-10H. The second-order valence-electron chi connectivity index (χ2n) is 3.69. The van der Waals surface area contributed by atoms with Crippen molar-refractivity contribution in [1.29, 1.82) is 0 Å². The number of aromatic hydroxyl groups is 4. The Morgan fingerprint density at radius 1 is 0.895 bits per heavy atom. The van der Waals surface area contributed by atoms with Crippen molar-refractivity contribution in [2.45, 2.75) is 6.42 Å². The molecule has 0 aliphatic carbocycles. The minimum absolute atomic E-state index is 0.298. The first-order chi connectivity index (χ1) is 9.04. The van der Waals surface area contributed by atoms with Gasteiger partial charge in [0.05, 0.1) is 0 Å². The molecule has 0 amide bonds. The first kappa shape index (κ1) is 14.4. The number of phenols is 4. The van der Waals surface area contributed by atoms with Crippen LogP contribution in [0.15, 0.2) is 42.5 Å². The molecule has 0 aromatic heterocycles. The minimum Gasteiger partial charge on any atom is -0.508 e. The van der Waals surface area contributed by atoms with Gasteiger partial charge in [-0.05, 0) is 5.56 Å². The number of rotatable bonds is 2. The summed E-state index contributed by atoms with van der Waals surface area (Å²) in [5.41, 5.74) is 1.08. The van der Waals surface area contributed by atoms with Gasteiger partial charge < -0.3 is 25.2 Å². The van der Waals surface area contributed by atoms with E-state index in [0.29, 0.717) is 6.42 Å². The maximum atomic E-state index is 9.97. The van der Waals surface area contributed by atoms with Crippen LogP contribution in [0.4, 0.5) is 0 Å². The summed E-state index contributed by atoms with van der Waals surface area (Å²) in [6.45, 7) is 0. The summed E-state index contributed by atoms with van der Waals surface area (Å²) in [6.07, 6.45) is 1.44. The van der Waals surface area contributed by atoms with Crippen molar-refractivity contribution in [1.82, 2.24) is 0 Å². The van der Waals surface area contributed by atoms with Gasteiger partial charge in [-0.1, -0.05) is 30.3 Å². The molecule has 0 atom stereocenters. The molecule has 2 aromatic rings. The fourth-order valence-electron chi connectivity index (χ4n) is 1.30. The summed E-state index contributed by atoms with van der Waals surface area (Å²) in [6, 6.07) is 11.5. The molecule has 5 heteroatoms. The average molecular weight is 262 g/mol. The van der Waals surface area contributed by atoms with Crippen LogP contribution in [0.5, 0.6) is 23.0 Å². The molecular weight excluding hydrogens is 248 g/mol. The van der Waals surface area contributed by atoms with Crippen LogP contribution in [0, 0.1) is 0 Å². The van der Waals surface area contributed by atoms with Gasteiger partial charge in [0.15, 0.2) is 11.5 Å². The quantitative estimate of drug-likeness (QED) is 0.376. The van der Waals surface area contributed by atoms with Crippen molar-refractivity contribution in [3.05, 3.63) is 48.0 Å². The minimum atomic E-state index is -0.627. The highest BCUT2D eigenvalue weighted by Crippen LogP contribution is 2.37. The van der Waals surface area contributed by atoms with Crippen LogP contribution in [-0.2, 0) is 11.2 Å². The molecule has 2 aromatic carbocycles. The molecule has 0 fully saturated rings. The summed E-state index contributed by atoms with van der Waals surface area (Å²) in [4.78, 5) is 9.97. The van der Waals surface area contributed by atoms with Crippen LogP contribution in [0.2, 0.25) is 0 Å². The van der Waals surface area contributed by atoms with Crippen LogP contribution in [0.25, 0.3) is 0 Å². The van der Waals surface area contributed by atoms with Crippen molar-refractivity contribution in [3.8, 4) is 23.0 Å². The normalized spacial score (nSPS) is 9.26. The molecule has 5 nitrogen and oxygen atoms in total. The van der Waals surface area contributed by atoms with E-state index in [-0.39, 0.29) is 5.75 Å². The Bertz CT molecular complexity index is 514. The molecule has 2 rings (SSSR count). The van der Waals surface area contributed by atoms with Gasteiger partial charge in [0, 0.05) is 18.6 Å². The number of benzene rings is 2. The molecular formula is C14H14O5. The SMILES string of the molecule is O=CCc1ccccc1.Oc1cc(O)c(O)c(O)c1. The van der Waals surface area contributed by atoms with Crippen LogP contribution in [0.1, 0.15) is 5.56 Å². The van der Waals surface area contributed by atoms with Crippen molar-refractivity contribution >= 4 is 6.29 Å². The van der Waals surface area contributed by atoms with E-state index in [4.69, 9.17) is 20.4 Å². The van der Waals surface area contributed by atoms with E-state index in [9.17, 15) is 4.79 Å². The number of hydrogen-bond donors (Lipinski definition) is 4. The second kappa shape index (κ2) is 6.90. The summed E-state index contributed by atoms with van der Waals surface area (Å²) < 4.78 is 0. The molecule has 0 spiro atoms. The predicted octanol–water partition coefficient (Wildman–Crippen LogP) is 1.94. The summed E-state index contributed by atoms with van der Waals surface area (Å²) in [7, 11) is 0. The van der Waals surface area contributed by atoms with Gasteiger partial charge in [-0.15, -0.1) is 0 Å². The fourth-order valence-corrected chi connectivity index (χ4v) is 1.30. The average Bonchev–Trinajstić information content (AvgIpc) is 2.38. The summed E-state index contributed by atoms with van der Waals surface area (Å²) >= 11 is 0. The third kappa shape index (κ3) is 4.59. The number of phenolic OH excluding ortho intramolecular Hbond substituents is 4. The summed E-state index contributed by atoms with van der Waals surface area (Å²) in [5, 5.41) is 34.8. The van der Waals surface area contributed by atoms with Gasteiger partial charge in [-0.25, -0.2) is 0 Å². The monoisotopic (exact) mass is 262 g/mol. The van der Waals surface area contributed by atoms with Crippen molar-refractivity contribution < 1.29 is 25.2 Å². The predicted molar refractivity (Wildman–Crippen MR) is 69.3 cm³/mol. The Kier molecular flexibility index (Phi) is 5.22. The zero-order valence-corrected chi connectivity index (χ0v) is 10.0. The third-order valence-corrected chi connectivity index (χ3v) is 2.22. The van der Waals surface area contributed by atoms with Crippen molar-refractivity contribution in [2.75, 3.05) is 0 Å². The summed E-state index contributed by atoms with van der Waals surface area (Å²) in [5.74, 6) is -2.01. The Hall–Kier alpha value is -2.69. The molecule has 4 N–H and O–H groups in total. The van der Waals surface area contributed by atoms with Gasteiger partial charge in [0.2, 0.25) is 5.75 Å². The number of carbonyl (C=O) groups excluding carboxylic acids is 1. The molecule has 100 valence electrons. The highest BCUT2D eigenvalue weighted by Gasteiger charge is 2.05. The molecule has 0 bridgehead atoms. The molecule has 0 aliphatic heterocycles. The first-order valence-corrected chi connectivity index (χ1v) is 5.46. The molecule has 0 radical (unpaired) electrons. The van der Waals surface area contributed by atoms with Crippen LogP contribution in [-0.4, -0.2) is 26.7 Å². The highest BCUT2D eigenvalue weighted by atomic mass is 16.3. The maximum absolute atomic E-state index is 9.97.